The van der Waals surface area contributed by atoms with Gasteiger partial charge in [0.25, 0.3) is 0 Å². The molecule has 0 N–H and O–H groups in total. The van der Waals surface area contributed by atoms with E-state index in [0.29, 0.717) is 0 Å². The van der Waals surface area contributed by atoms with Crippen LogP contribution in [0.15, 0.2) is 29.0 Å². The van der Waals surface area contributed by atoms with E-state index in [4.69, 9.17) is 5.10 Å². The molecule has 1 atom stereocenters. The van der Waals surface area contributed by atoms with Gasteiger partial charge in [0.1, 0.15) is 5.82 Å². The van der Waals surface area contributed by atoms with Crippen LogP contribution in [0.25, 0.3) is 17.0 Å². The van der Waals surface area contributed by atoms with Crippen LogP contribution in [0.4, 0.5) is 5.82 Å². The van der Waals surface area contributed by atoms with Crippen molar-refractivity contribution in [2.24, 2.45) is 0 Å². The number of hydrogen-bond donors (Lipinski definition) is 0. The van der Waals surface area contributed by atoms with Gasteiger partial charge in [0.05, 0.1) is 6.04 Å². The fourth-order valence-electron chi connectivity index (χ4n) is 4.22. The predicted molar refractivity (Wildman–Crippen MR) is 113 cm³/mol. The molecule has 3 aromatic heterocycles. The maximum atomic E-state index is 12.7. The minimum atomic E-state index is -0.0475. The molecule has 0 bridgehead atoms. The standard InChI is InChI=1S/C20H25N7OS/c1-15(20(28)26-7-2-3-8-26)24-9-11-25(12-10-24)18-5-4-17-21-22-19(27(17)23-18)16-6-13-29-14-16/h4-6,13-15H,2-3,7-12H2,1H3. The van der Waals surface area contributed by atoms with Crippen LogP contribution in [0.2, 0.25) is 0 Å². The Labute approximate surface area is 173 Å². The number of aromatic nitrogens is 4. The molecule has 0 spiro atoms. The summed E-state index contributed by atoms with van der Waals surface area (Å²) in [6.07, 6.45) is 2.27. The van der Waals surface area contributed by atoms with Crippen LogP contribution in [-0.2, 0) is 4.79 Å². The lowest BCUT2D eigenvalue weighted by molar-refractivity contribution is -0.135. The van der Waals surface area contributed by atoms with E-state index < -0.39 is 0 Å². The fourth-order valence-corrected chi connectivity index (χ4v) is 4.85. The van der Waals surface area contributed by atoms with Crippen molar-refractivity contribution < 1.29 is 4.79 Å². The largest absolute Gasteiger partial charge is 0.353 e. The summed E-state index contributed by atoms with van der Waals surface area (Å²) in [5.41, 5.74) is 1.78. The maximum Gasteiger partial charge on any atom is 0.239 e. The van der Waals surface area contributed by atoms with Crippen molar-refractivity contribution in [3.8, 4) is 11.4 Å². The highest BCUT2D eigenvalue weighted by Gasteiger charge is 2.30. The monoisotopic (exact) mass is 411 g/mol. The van der Waals surface area contributed by atoms with Gasteiger partial charge >= 0.3 is 0 Å². The molecular formula is C20H25N7OS. The number of nitrogens with zero attached hydrogens (tertiary/aromatic N) is 7. The van der Waals surface area contributed by atoms with Crippen LogP contribution in [0.3, 0.4) is 0 Å². The molecule has 8 nitrogen and oxygen atoms in total. The third-order valence-corrected chi connectivity index (χ3v) is 6.67. The van der Waals surface area contributed by atoms with Gasteiger partial charge in [-0.05, 0) is 43.3 Å². The fraction of sp³-hybridized carbons (Fsp3) is 0.500. The first-order chi connectivity index (χ1) is 14.2. The van der Waals surface area contributed by atoms with E-state index in [0.717, 1.165) is 75.0 Å². The second-order valence-corrected chi connectivity index (χ2v) is 8.51. The highest BCUT2D eigenvalue weighted by Crippen LogP contribution is 2.22. The number of fused-ring (bicyclic) bond motifs is 1. The minimum Gasteiger partial charge on any atom is -0.353 e. The molecule has 0 radical (unpaired) electrons. The molecule has 0 aliphatic carbocycles. The van der Waals surface area contributed by atoms with Crippen molar-refractivity contribution in [2.45, 2.75) is 25.8 Å². The molecule has 0 saturated carbocycles. The number of hydrogen-bond acceptors (Lipinski definition) is 7. The molecule has 2 aliphatic rings. The molecule has 2 aliphatic heterocycles. The van der Waals surface area contributed by atoms with Crippen LogP contribution in [0.1, 0.15) is 19.8 Å². The molecule has 2 saturated heterocycles. The Morgan fingerprint density at radius 3 is 2.55 bits per heavy atom. The van der Waals surface area contributed by atoms with E-state index >= 15 is 0 Å². The highest BCUT2D eigenvalue weighted by molar-refractivity contribution is 7.08. The zero-order valence-electron chi connectivity index (χ0n) is 16.6. The number of piperazine rings is 1. The Bertz CT molecular complexity index is 988. The maximum absolute atomic E-state index is 12.7. The molecule has 1 amide bonds. The Hall–Kier alpha value is -2.52. The lowest BCUT2D eigenvalue weighted by atomic mass is 10.2. The van der Waals surface area contributed by atoms with Crippen molar-refractivity contribution in [1.29, 1.82) is 0 Å². The Morgan fingerprint density at radius 2 is 1.83 bits per heavy atom. The third kappa shape index (κ3) is 3.49. The first-order valence-corrected chi connectivity index (χ1v) is 11.2. The summed E-state index contributed by atoms with van der Waals surface area (Å²) in [4.78, 5) is 19.3. The number of likely N-dealkylation sites (tertiary alicyclic amines) is 1. The number of carbonyl (C=O) groups is 1. The molecule has 29 heavy (non-hydrogen) atoms. The topological polar surface area (TPSA) is 69.9 Å². The lowest BCUT2D eigenvalue weighted by Crippen LogP contribution is -2.54. The molecule has 1 unspecified atom stereocenters. The number of anilines is 1. The molecule has 0 aromatic carbocycles. The summed E-state index contributed by atoms with van der Waals surface area (Å²) >= 11 is 1.64. The number of amides is 1. The van der Waals surface area contributed by atoms with Gasteiger partial charge in [0.2, 0.25) is 5.91 Å². The van der Waals surface area contributed by atoms with Crippen molar-refractivity contribution in [3.05, 3.63) is 29.0 Å². The summed E-state index contributed by atoms with van der Waals surface area (Å²) < 4.78 is 1.82. The number of thiophene rings is 1. The second-order valence-electron chi connectivity index (χ2n) is 7.73. The van der Waals surface area contributed by atoms with Gasteiger partial charge in [-0.2, -0.15) is 15.9 Å². The Morgan fingerprint density at radius 1 is 1.03 bits per heavy atom. The highest BCUT2D eigenvalue weighted by atomic mass is 32.1. The van der Waals surface area contributed by atoms with Gasteiger partial charge in [-0.1, -0.05) is 0 Å². The van der Waals surface area contributed by atoms with Gasteiger partial charge < -0.3 is 9.80 Å². The summed E-state index contributed by atoms with van der Waals surface area (Å²) in [5.74, 6) is 1.97. The van der Waals surface area contributed by atoms with E-state index in [2.05, 4.69) is 25.4 Å². The molecule has 5 heterocycles. The lowest BCUT2D eigenvalue weighted by Gasteiger charge is -2.38. The summed E-state index contributed by atoms with van der Waals surface area (Å²) in [7, 11) is 0. The van der Waals surface area contributed by atoms with E-state index in [9.17, 15) is 4.79 Å². The SMILES string of the molecule is CC(C(=O)N1CCCC1)N1CCN(c2ccc3nnc(-c4ccsc4)n3n2)CC1. The average Bonchev–Trinajstić information content (AvgIpc) is 3.53. The number of carbonyl (C=O) groups excluding carboxylic acids is 1. The van der Waals surface area contributed by atoms with Gasteiger partial charge in [0.15, 0.2) is 11.5 Å². The van der Waals surface area contributed by atoms with Gasteiger partial charge in [-0.25, -0.2) is 0 Å². The molecular weight excluding hydrogens is 386 g/mol. The smallest absolute Gasteiger partial charge is 0.239 e. The molecule has 3 aromatic rings. The van der Waals surface area contributed by atoms with Crippen LogP contribution in [-0.4, -0.2) is 80.8 Å². The zero-order chi connectivity index (χ0) is 19.8. The first-order valence-electron chi connectivity index (χ1n) is 10.2. The molecule has 152 valence electrons. The molecule has 5 rings (SSSR count). The van der Waals surface area contributed by atoms with E-state index in [1.807, 2.05) is 39.9 Å². The van der Waals surface area contributed by atoms with Gasteiger partial charge in [0, 0.05) is 50.2 Å². The zero-order valence-corrected chi connectivity index (χ0v) is 17.4. The summed E-state index contributed by atoms with van der Waals surface area (Å²) in [6.45, 7) is 7.31. The summed E-state index contributed by atoms with van der Waals surface area (Å²) in [5, 5.41) is 17.4. The summed E-state index contributed by atoms with van der Waals surface area (Å²) in [6, 6.07) is 5.97. The van der Waals surface area contributed by atoms with Gasteiger partial charge in [-0.3, -0.25) is 9.69 Å². The van der Waals surface area contributed by atoms with Crippen LogP contribution >= 0.6 is 11.3 Å². The quantitative estimate of drug-likeness (QED) is 0.654. The molecule has 2 fully saturated rings. The Kier molecular flexibility index (Phi) is 4.92. The van der Waals surface area contributed by atoms with Crippen molar-refractivity contribution in [1.82, 2.24) is 29.6 Å². The van der Waals surface area contributed by atoms with E-state index in [1.165, 1.54) is 0 Å². The van der Waals surface area contributed by atoms with Crippen molar-refractivity contribution >= 4 is 28.7 Å². The van der Waals surface area contributed by atoms with Crippen molar-refractivity contribution in [3.63, 3.8) is 0 Å². The second kappa shape index (κ2) is 7.72. The number of rotatable bonds is 4. The normalized spacial score (nSPS) is 19.2. The van der Waals surface area contributed by atoms with Crippen LogP contribution < -0.4 is 4.90 Å². The van der Waals surface area contributed by atoms with E-state index in [-0.39, 0.29) is 11.9 Å². The predicted octanol–water partition coefficient (Wildman–Crippen LogP) is 1.99. The average molecular weight is 412 g/mol. The Balaban J connectivity index is 1.29. The van der Waals surface area contributed by atoms with Crippen molar-refractivity contribution in [2.75, 3.05) is 44.2 Å². The van der Waals surface area contributed by atoms with Crippen LogP contribution in [0.5, 0.6) is 0 Å². The molecule has 9 heteroatoms. The first kappa shape index (κ1) is 18.5. The minimum absolute atomic E-state index is 0.0475. The van der Waals surface area contributed by atoms with Crippen LogP contribution in [0, 0.1) is 0 Å². The third-order valence-electron chi connectivity index (χ3n) is 5.99. The van der Waals surface area contributed by atoms with E-state index in [1.54, 1.807) is 11.3 Å². The van der Waals surface area contributed by atoms with Gasteiger partial charge in [-0.15, -0.1) is 15.3 Å².